The van der Waals surface area contributed by atoms with E-state index in [4.69, 9.17) is 0 Å². The summed E-state index contributed by atoms with van der Waals surface area (Å²) >= 11 is 0. The second-order valence-electron chi connectivity index (χ2n) is 6.99. The van der Waals surface area contributed by atoms with Crippen molar-refractivity contribution in [3.63, 3.8) is 0 Å². The van der Waals surface area contributed by atoms with Gasteiger partial charge in [0.15, 0.2) is 0 Å². The first-order valence-electron chi connectivity index (χ1n) is 9.08. The van der Waals surface area contributed by atoms with Crippen LogP contribution in [0.25, 0.3) is 0 Å². The second kappa shape index (κ2) is 6.98. The highest BCUT2D eigenvalue weighted by Crippen LogP contribution is 2.28. The number of nitrogens with zero attached hydrogens (tertiary/aromatic N) is 2. The van der Waals surface area contributed by atoms with Crippen molar-refractivity contribution in [3.8, 4) is 0 Å². The van der Waals surface area contributed by atoms with Crippen molar-refractivity contribution < 1.29 is 9.90 Å². The Labute approximate surface area is 148 Å². The summed E-state index contributed by atoms with van der Waals surface area (Å²) in [6.07, 6.45) is 1.98. The van der Waals surface area contributed by atoms with Gasteiger partial charge in [-0.2, -0.15) is 0 Å². The minimum atomic E-state index is -0.660. The Kier molecular flexibility index (Phi) is 4.55. The number of hydrogen-bond acceptors (Lipinski definition) is 3. The molecule has 1 saturated carbocycles. The average Bonchev–Trinajstić information content (AvgIpc) is 3.53. The maximum Gasteiger partial charge on any atom is 0.253 e. The zero-order valence-corrected chi connectivity index (χ0v) is 14.3. The van der Waals surface area contributed by atoms with E-state index < -0.39 is 6.10 Å². The van der Waals surface area contributed by atoms with E-state index in [0.717, 1.165) is 43.3 Å². The topological polar surface area (TPSA) is 43.8 Å². The molecule has 25 heavy (non-hydrogen) atoms. The van der Waals surface area contributed by atoms with Crippen molar-refractivity contribution in [1.29, 1.82) is 0 Å². The SMILES string of the molecule is O=C(c1ccc(C(O)c2ccccc2)cc1)N1CCN(C2CC2)CC1. The summed E-state index contributed by atoms with van der Waals surface area (Å²) in [5.41, 5.74) is 2.36. The minimum absolute atomic E-state index is 0.0937. The monoisotopic (exact) mass is 336 g/mol. The van der Waals surface area contributed by atoms with Gasteiger partial charge in [0.25, 0.3) is 5.91 Å². The predicted octanol–water partition coefficient (Wildman–Crippen LogP) is 2.69. The molecule has 2 fully saturated rings. The molecule has 1 aliphatic carbocycles. The number of amides is 1. The molecular formula is C21H24N2O2. The molecule has 1 amide bonds. The Morgan fingerprint density at radius 3 is 2.08 bits per heavy atom. The molecule has 1 unspecified atom stereocenters. The van der Waals surface area contributed by atoms with Crippen LogP contribution < -0.4 is 0 Å². The zero-order chi connectivity index (χ0) is 17.2. The van der Waals surface area contributed by atoms with Crippen LogP contribution in [0.15, 0.2) is 54.6 Å². The van der Waals surface area contributed by atoms with Gasteiger partial charge in [-0.1, -0.05) is 42.5 Å². The maximum absolute atomic E-state index is 12.7. The van der Waals surface area contributed by atoms with Crippen LogP contribution in [-0.4, -0.2) is 53.0 Å². The molecule has 4 heteroatoms. The highest BCUT2D eigenvalue weighted by atomic mass is 16.3. The van der Waals surface area contributed by atoms with E-state index in [1.165, 1.54) is 12.8 Å². The van der Waals surface area contributed by atoms with Crippen LogP contribution in [0.3, 0.4) is 0 Å². The van der Waals surface area contributed by atoms with Gasteiger partial charge in [0.05, 0.1) is 0 Å². The maximum atomic E-state index is 12.7. The van der Waals surface area contributed by atoms with Gasteiger partial charge in [-0.15, -0.1) is 0 Å². The highest BCUT2D eigenvalue weighted by Gasteiger charge is 2.32. The molecule has 2 aromatic rings. The molecule has 1 saturated heterocycles. The zero-order valence-electron chi connectivity index (χ0n) is 14.3. The van der Waals surface area contributed by atoms with Crippen LogP contribution in [0.2, 0.25) is 0 Å². The number of aliphatic hydroxyl groups excluding tert-OH is 1. The summed E-state index contributed by atoms with van der Waals surface area (Å²) in [4.78, 5) is 17.1. The van der Waals surface area contributed by atoms with E-state index in [1.54, 1.807) is 0 Å². The first kappa shape index (κ1) is 16.3. The van der Waals surface area contributed by atoms with Gasteiger partial charge in [-0.3, -0.25) is 9.69 Å². The van der Waals surface area contributed by atoms with Crippen LogP contribution in [0.1, 0.15) is 40.4 Å². The lowest BCUT2D eigenvalue weighted by molar-refractivity contribution is 0.0627. The molecule has 0 spiro atoms. The van der Waals surface area contributed by atoms with Crippen LogP contribution in [0, 0.1) is 0 Å². The molecule has 2 aromatic carbocycles. The van der Waals surface area contributed by atoms with E-state index in [9.17, 15) is 9.90 Å². The third kappa shape index (κ3) is 3.60. The van der Waals surface area contributed by atoms with E-state index >= 15 is 0 Å². The Hall–Kier alpha value is -2.17. The van der Waals surface area contributed by atoms with Gasteiger partial charge in [-0.05, 0) is 36.1 Å². The van der Waals surface area contributed by atoms with Gasteiger partial charge in [0.2, 0.25) is 0 Å². The molecule has 0 radical (unpaired) electrons. The van der Waals surface area contributed by atoms with Gasteiger partial charge < -0.3 is 10.0 Å². The molecule has 1 heterocycles. The number of carbonyl (C=O) groups excluding carboxylic acids is 1. The van der Waals surface area contributed by atoms with E-state index in [0.29, 0.717) is 5.56 Å². The van der Waals surface area contributed by atoms with Gasteiger partial charge >= 0.3 is 0 Å². The molecule has 2 aliphatic rings. The summed E-state index contributed by atoms with van der Waals surface area (Å²) in [5, 5.41) is 10.5. The minimum Gasteiger partial charge on any atom is -0.384 e. The fourth-order valence-corrected chi connectivity index (χ4v) is 3.55. The first-order valence-corrected chi connectivity index (χ1v) is 9.08. The quantitative estimate of drug-likeness (QED) is 0.934. The molecule has 0 bridgehead atoms. The van der Waals surface area contributed by atoms with Crippen molar-refractivity contribution in [2.45, 2.75) is 25.0 Å². The highest BCUT2D eigenvalue weighted by molar-refractivity contribution is 5.94. The number of rotatable bonds is 4. The normalized spacial score (nSPS) is 19.6. The van der Waals surface area contributed by atoms with Gasteiger partial charge in [0.1, 0.15) is 6.10 Å². The van der Waals surface area contributed by atoms with E-state index in [1.807, 2.05) is 59.5 Å². The fraction of sp³-hybridized carbons (Fsp3) is 0.381. The van der Waals surface area contributed by atoms with Gasteiger partial charge in [0, 0.05) is 37.8 Å². The van der Waals surface area contributed by atoms with Crippen LogP contribution in [0.5, 0.6) is 0 Å². The third-order valence-electron chi connectivity index (χ3n) is 5.25. The van der Waals surface area contributed by atoms with E-state index in [2.05, 4.69) is 4.90 Å². The third-order valence-corrected chi connectivity index (χ3v) is 5.25. The standard InChI is InChI=1S/C21H24N2O2/c24-20(16-4-2-1-3-5-16)17-6-8-18(9-7-17)21(25)23-14-12-22(13-15-23)19-10-11-19/h1-9,19-20,24H,10-15H2. The summed E-state index contributed by atoms with van der Waals surface area (Å²) in [6.45, 7) is 3.59. The Morgan fingerprint density at radius 1 is 0.880 bits per heavy atom. The van der Waals surface area contributed by atoms with Crippen LogP contribution in [0.4, 0.5) is 0 Å². The predicted molar refractivity (Wildman–Crippen MR) is 97.4 cm³/mol. The molecule has 0 aromatic heterocycles. The van der Waals surface area contributed by atoms with Crippen LogP contribution >= 0.6 is 0 Å². The summed E-state index contributed by atoms with van der Waals surface area (Å²) in [6, 6.07) is 17.7. The number of aliphatic hydroxyl groups is 1. The largest absolute Gasteiger partial charge is 0.384 e. The van der Waals surface area contributed by atoms with Crippen LogP contribution in [-0.2, 0) is 0 Å². The van der Waals surface area contributed by atoms with Crippen molar-refractivity contribution in [3.05, 3.63) is 71.3 Å². The molecule has 4 nitrogen and oxygen atoms in total. The van der Waals surface area contributed by atoms with E-state index in [-0.39, 0.29) is 5.91 Å². The summed E-state index contributed by atoms with van der Waals surface area (Å²) in [7, 11) is 0. The summed E-state index contributed by atoms with van der Waals surface area (Å²) < 4.78 is 0. The lowest BCUT2D eigenvalue weighted by atomic mass is 10.00. The fourth-order valence-electron chi connectivity index (χ4n) is 3.55. The lowest BCUT2D eigenvalue weighted by Gasteiger charge is -2.34. The number of carbonyl (C=O) groups is 1. The smallest absolute Gasteiger partial charge is 0.253 e. The Morgan fingerprint density at radius 2 is 1.48 bits per heavy atom. The van der Waals surface area contributed by atoms with Crippen molar-refractivity contribution >= 4 is 5.91 Å². The molecule has 1 aliphatic heterocycles. The summed E-state index contributed by atoms with van der Waals surface area (Å²) in [5.74, 6) is 0.0937. The molecule has 130 valence electrons. The number of piperazine rings is 1. The Balaban J connectivity index is 1.40. The molecule has 1 N–H and O–H groups in total. The van der Waals surface area contributed by atoms with Crippen molar-refractivity contribution in [2.24, 2.45) is 0 Å². The van der Waals surface area contributed by atoms with Crippen molar-refractivity contribution in [2.75, 3.05) is 26.2 Å². The van der Waals surface area contributed by atoms with Gasteiger partial charge in [-0.25, -0.2) is 0 Å². The number of hydrogen-bond donors (Lipinski definition) is 1. The molecule has 1 atom stereocenters. The molecule has 4 rings (SSSR count). The van der Waals surface area contributed by atoms with Crippen molar-refractivity contribution in [1.82, 2.24) is 9.80 Å². The second-order valence-corrected chi connectivity index (χ2v) is 6.99. The average molecular weight is 336 g/mol. The lowest BCUT2D eigenvalue weighted by Crippen LogP contribution is -2.49. The molecular weight excluding hydrogens is 312 g/mol. The Bertz CT molecular complexity index is 717. The first-order chi connectivity index (χ1) is 12.2. The number of benzene rings is 2.